The molecular formula is C7H6BrClN2O2. The molecule has 0 fully saturated rings. The maximum Gasteiger partial charge on any atom is 0.283 e. The molecular weight excluding hydrogens is 259 g/mol. The van der Waals surface area contributed by atoms with Gasteiger partial charge in [0.05, 0.1) is 4.92 Å². The second kappa shape index (κ2) is 4.04. The molecule has 1 aromatic carbocycles. The Morgan fingerprint density at radius 2 is 2.23 bits per heavy atom. The van der Waals surface area contributed by atoms with Crippen molar-refractivity contribution >= 4 is 33.2 Å². The smallest absolute Gasteiger partial charge is 0.283 e. The lowest BCUT2D eigenvalue weighted by atomic mass is 10.2. The molecule has 0 aromatic heterocycles. The largest absolute Gasteiger partial charge is 0.326 e. The molecule has 4 nitrogen and oxygen atoms in total. The number of nitro benzene ring substituents is 1. The standard InChI is InChI=1S/C7H6BrClN2O2/c8-7-4(3-10)5(9)1-2-6(7)11(12)13/h1-2H,3,10H2. The molecule has 0 heterocycles. The molecule has 0 amide bonds. The van der Waals surface area contributed by atoms with Crippen LogP contribution in [0.1, 0.15) is 5.56 Å². The quantitative estimate of drug-likeness (QED) is 0.659. The first-order valence-electron chi connectivity index (χ1n) is 3.39. The molecule has 0 spiro atoms. The van der Waals surface area contributed by atoms with E-state index in [9.17, 15) is 10.1 Å². The van der Waals surface area contributed by atoms with Gasteiger partial charge in [0.1, 0.15) is 4.47 Å². The first-order chi connectivity index (χ1) is 6.07. The Kier molecular flexibility index (Phi) is 3.24. The molecule has 6 heteroatoms. The average molecular weight is 265 g/mol. The molecule has 0 aliphatic rings. The Hall–Kier alpha value is -0.650. The van der Waals surface area contributed by atoms with Gasteiger partial charge in [-0.3, -0.25) is 10.1 Å². The average Bonchev–Trinajstić information content (AvgIpc) is 2.04. The van der Waals surface area contributed by atoms with Crippen molar-refractivity contribution in [1.82, 2.24) is 0 Å². The molecule has 0 saturated heterocycles. The van der Waals surface area contributed by atoms with Crippen LogP contribution < -0.4 is 5.73 Å². The first kappa shape index (κ1) is 10.4. The minimum Gasteiger partial charge on any atom is -0.326 e. The van der Waals surface area contributed by atoms with Crippen LogP contribution in [-0.4, -0.2) is 4.92 Å². The molecule has 2 N–H and O–H groups in total. The van der Waals surface area contributed by atoms with Gasteiger partial charge in [-0.15, -0.1) is 0 Å². The first-order valence-corrected chi connectivity index (χ1v) is 4.56. The van der Waals surface area contributed by atoms with Gasteiger partial charge in [0.25, 0.3) is 5.69 Å². The molecule has 1 rings (SSSR count). The number of benzene rings is 1. The summed E-state index contributed by atoms with van der Waals surface area (Å²) in [4.78, 5) is 10.0. The highest BCUT2D eigenvalue weighted by Gasteiger charge is 2.16. The third kappa shape index (κ3) is 1.99. The van der Waals surface area contributed by atoms with E-state index in [2.05, 4.69) is 15.9 Å². The van der Waals surface area contributed by atoms with Gasteiger partial charge in [0, 0.05) is 23.2 Å². The second-order valence-corrected chi connectivity index (χ2v) is 3.52. The van der Waals surface area contributed by atoms with Crippen molar-refractivity contribution in [2.45, 2.75) is 6.54 Å². The third-order valence-corrected chi connectivity index (χ3v) is 2.81. The van der Waals surface area contributed by atoms with Crippen molar-refractivity contribution in [1.29, 1.82) is 0 Å². The molecule has 0 atom stereocenters. The van der Waals surface area contributed by atoms with Crippen molar-refractivity contribution in [2.24, 2.45) is 5.73 Å². The van der Waals surface area contributed by atoms with E-state index in [1.807, 2.05) is 0 Å². The third-order valence-electron chi connectivity index (χ3n) is 1.57. The van der Waals surface area contributed by atoms with Crippen LogP contribution in [0.4, 0.5) is 5.69 Å². The van der Waals surface area contributed by atoms with Crippen molar-refractivity contribution in [3.8, 4) is 0 Å². The maximum atomic E-state index is 10.5. The summed E-state index contributed by atoms with van der Waals surface area (Å²) in [5.74, 6) is 0. The molecule has 70 valence electrons. The lowest BCUT2D eigenvalue weighted by Gasteiger charge is -2.03. The van der Waals surface area contributed by atoms with E-state index in [1.165, 1.54) is 12.1 Å². The summed E-state index contributed by atoms with van der Waals surface area (Å²) in [6, 6.07) is 2.80. The zero-order valence-electron chi connectivity index (χ0n) is 6.46. The van der Waals surface area contributed by atoms with Gasteiger partial charge in [0.2, 0.25) is 0 Å². The topological polar surface area (TPSA) is 69.2 Å². The van der Waals surface area contributed by atoms with E-state index < -0.39 is 4.92 Å². The zero-order chi connectivity index (χ0) is 10.0. The summed E-state index contributed by atoms with van der Waals surface area (Å²) >= 11 is 8.86. The SMILES string of the molecule is NCc1c(Cl)ccc([N+](=O)[O-])c1Br. The summed E-state index contributed by atoms with van der Waals surface area (Å²) in [6.45, 7) is 0.168. The van der Waals surface area contributed by atoms with Crippen molar-refractivity contribution < 1.29 is 4.92 Å². The number of halogens is 2. The molecule has 13 heavy (non-hydrogen) atoms. The van der Waals surface area contributed by atoms with E-state index in [4.69, 9.17) is 17.3 Å². The van der Waals surface area contributed by atoms with E-state index in [0.717, 1.165) is 0 Å². The van der Waals surface area contributed by atoms with Crippen LogP contribution in [0.25, 0.3) is 0 Å². The van der Waals surface area contributed by atoms with Crippen LogP contribution in [0, 0.1) is 10.1 Å². The Balaban J connectivity index is 3.35. The van der Waals surface area contributed by atoms with Gasteiger partial charge in [-0.25, -0.2) is 0 Å². The number of rotatable bonds is 2. The minimum atomic E-state index is -0.487. The van der Waals surface area contributed by atoms with Gasteiger partial charge in [-0.2, -0.15) is 0 Å². The lowest BCUT2D eigenvalue weighted by molar-refractivity contribution is -0.385. The van der Waals surface area contributed by atoms with E-state index >= 15 is 0 Å². The fourth-order valence-electron chi connectivity index (χ4n) is 0.913. The van der Waals surface area contributed by atoms with Crippen LogP contribution in [0.2, 0.25) is 5.02 Å². The van der Waals surface area contributed by atoms with Crippen LogP contribution in [0.15, 0.2) is 16.6 Å². The number of hydrogen-bond acceptors (Lipinski definition) is 3. The van der Waals surface area contributed by atoms with Crippen molar-refractivity contribution in [3.05, 3.63) is 37.3 Å². The van der Waals surface area contributed by atoms with Gasteiger partial charge in [0.15, 0.2) is 0 Å². The number of nitrogens with zero attached hydrogens (tertiary/aromatic N) is 1. The molecule has 0 aliphatic carbocycles. The maximum absolute atomic E-state index is 10.5. The highest BCUT2D eigenvalue weighted by molar-refractivity contribution is 9.10. The summed E-state index contributed by atoms with van der Waals surface area (Å²) in [6.07, 6.45) is 0. The molecule has 0 radical (unpaired) electrons. The molecule has 0 aliphatic heterocycles. The van der Waals surface area contributed by atoms with E-state index in [-0.39, 0.29) is 12.2 Å². The number of hydrogen-bond donors (Lipinski definition) is 1. The fourth-order valence-corrected chi connectivity index (χ4v) is 1.91. The zero-order valence-corrected chi connectivity index (χ0v) is 8.80. The monoisotopic (exact) mass is 264 g/mol. The molecule has 0 unspecified atom stereocenters. The van der Waals surface area contributed by atoms with Crippen LogP contribution in [0.3, 0.4) is 0 Å². The lowest BCUT2D eigenvalue weighted by Crippen LogP contribution is -2.00. The fraction of sp³-hybridized carbons (Fsp3) is 0.143. The molecule has 0 bridgehead atoms. The second-order valence-electron chi connectivity index (χ2n) is 2.32. The van der Waals surface area contributed by atoms with Crippen molar-refractivity contribution in [2.75, 3.05) is 0 Å². The van der Waals surface area contributed by atoms with Crippen LogP contribution in [0.5, 0.6) is 0 Å². The van der Waals surface area contributed by atoms with E-state index in [0.29, 0.717) is 15.1 Å². The minimum absolute atomic E-state index is 0.0233. The van der Waals surface area contributed by atoms with Gasteiger partial charge in [-0.05, 0) is 22.0 Å². The van der Waals surface area contributed by atoms with Gasteiger partial charge >= 0.3 is 0 Å². The summed E-state index contributed by atoms with van der Waals surface area (Å²) in [5.41, 5.74) is 5.91. The summed E-state index contributed by atoms with van der Waals surface area (Å²) in [5, 5.41) is 10.9. The predicted molar refractivity (Wildman–Crippen MR) is 53.7 cm³/mol. The van der Waals surface area contributed by atoms with Gasteiger partial charge < -0.3 is 5.73 Å². The Morgan fingerprint density at radius 1 is 1.62 bits per heavy atom. The highest BCUT2D eigenvalue weighted by Crippen LogP contribution is 2.32. The Morgan fingerprint density at radius 3 is 2.69 bits per heavy atom. The number of nitro groups is 1. The predicted octanol–water partition coefficient (Wildman–Crippen LogP) is 2.47. The molecule has 1 aromatic rings. The van der Waals surface area contributed by atoms with Gasteiger partial charge in [-0.1, -0.05) is 11.6 Å². The highest BCUT2D eigenvalue weighted by atomic mass is 79.9. The van der Waals surface area contributed by atoms with E-state index in [1.54, 1.807) is 0 Å². The van der Waals surface area contributed by atoms with Crippen molar-refractivity contribution in [3.63, 3.8) is 0 Å². The Bertz CT molecular complexity index is 357. The van der Waals surface area contributed by atoms with Crippen LogP contribution >= 0.6 is 27.5 Å². The summed E-state index contributed by atoms with van der Waals surface area (Å²) < 4.78 is 0.354. The normalized spacial score (nSPS) is 10.1. The Labute approximate surface area is 88.0 Å². The summed E-state index contributed by atoms with van der Waals surface area (Å²) in [7, 11) is 0. The number of nitrogens with two attached hydrogens (primary N) is 1. The molecule has 0 saturated carbocycles. The van der Waals surface area contributed by atoms with Crippen LogP contribution in [-0.2, 0) is 6.54 Å².